The lowest BCUT2D eigenvalue weighted by Crippen LogP contribution is -2.49. The summed E-state index contributed by atoms with van der Waals surface area (Å²) in [5, 5.41) is 3.40. The van der Waals surface area contributed by atoms with Gasteiger partial charge in [0.2, 0.25) is 0 Å². The Hall–Kier alpha value is -1.26. The van der Waals surface area contributed by atoms with Crippen molar-refractivity contribution in [3.63, 3.8) is 0 Å². The number of nitrogens with one attached hydrogen (secondary N) is 1. The van der Waals surface area contributed by atoms with Crippen LogP contribution in [0.5, 0.6) is 11.5 Å². The van der Waals surface area contributed by atoms with E-state index < -0.39 is 0 Å². The van der Waals surface area contributed by atoms with Gasteiger partial charge in [-0.1, -0.05) is 0 Å². The number of benzene rings is 1. The highest BCUT2D eigenvalue weighted by Gasteiger charge is 2.42. The summed E-state index contributed by atoms with van der Waals surface area (Å²) >= 11 is 0. The van der Waals surface area contributed by atoms with Crippen LogP contribution in [0.4, 0.5) is 0 Å². The van der Waals surface area contributed by atoms with Gasteiger partial charge in [-0.2, -0.15) is 0 Å². The molecule has 2 aliphatic rings. The molecule has 1 unspecified atom stereocenters. The molecule has 2 aliphatic heterocycles. The normalized spacial score (nSPS) is 24.0. The van der Waals surface area contributed by atoms with Crippen molar-refractivity contribution in [2.75, 3.05) is 26.8 Å². The number of methoxy groups -OCH3 is 1. The van der Waals surface area contributed by atoms with E-state index in [0.29, 0.717) is 6.61 Å². The minimum absolute atomic E-state index is 0.0796. The molecule has 2 heterocycles. The molecule has 1 spiro atoms. The standard InChI is InChI=1S/C16H23NO3/c1-3-19-12-4-5-13-14(10-12)20-16(11-15(13)18-2)6-8-17-9-7-16/h4-5,10,15,17H,3,6-9,11H2,1-2H3. The van der Waals surface area contributed by atoms with Crippen molar-refractivity contribution in [2.24, 2.45) is 0 Å². The molecular formula is C16H23NO3. The van der Waals surface area contributed by atoms with Gasteiger partial charge in [0, 0.05) is 25.2 Å². The molecule has 4 heteroatoms. The average Bonchev–Trinajstić information content (AvgIpc) is 2.47. The van der Waals surface area contributed by atoms with Crippen LogP contribution < -0.4 is 14.8 Å². The van der Waals surface area contributed by atoms with Crippen molar-refractivity contribution in [1.82, 2.24) is 5.32 Å². The monoisotopic (exact) mass is 277 g/mol. The molecule has 1 aromatic rings. The zero-order valence-electron chi connectivity index (χ0n) is 12.3. The van der Waals surface area contributed by atoms with Crippen molar-refractivity contribution >= 4 is 0 Å². The third-order valence-corrected chi connectivity index (χ3v) is 4.33. The molecular weight excluding hydrogens is 254 g/mol. The summed E-state index contributed by atoms with van der Waals surface area (Å²) in [6, 6.07) is 6.08. The van der Waals surface area contributed by atoms with Crippen LogP contribution in [0.3, 0.4) is 0 Å². The second-order valence-corrected chi connectivity index (χ2v) is 5.60. The Labute approximate surface area is 120 Å². The highest BCUT2D eigenvalue weighted by molar-refractivity contribution is 5.44. The van der Waals surface area contributed by atoms with Crippen molar-refractivity contribution in [1.29, 1.82) is 0 Å². The molecule has 110 valence electrons. The lowest BCUT2D eigenvalue weighted by molar-refractivity contribution is -0.0480. The van der Waals surface area contributed by atoms with Gasteiger partial charge in [0.1, 0.15) is 17.1 Å². The Balaban J connectivity index is 1.92. The molecule has 0 bridgehead atoms. The molecule has 0 aliphatic carbocycles. The average molecular weight is 277 g/mol. The van der Waals surface area contributed by atoms with E-state index in [1.807, 2.05) is 19.1 Å². The Morgan fingerprint density at radius 3 is 2.85 bits per heavy atom. The van der Waals surface area contributed by atoms with Gasteiger partial charge in [-0.05, 0) is 45.0 Å². The highest BCUT2D eigenvalue weighted by atomic mass is 16.5. The lowest BCUT2D eigenvalue weighted by Gasteiger charge is -2.44. The molecule has 1 aromatic carbocycles. The Kier molecular flexibility index (Phi) is 3.85. The maximum Gasteiger partial charge on any atom is 0.129 e. The summed E-state index contributed by atoms with van der Waals surface area (Å²) in [7, 11) is 1.78. The summed E-state index contributed by atoms with van der Waals surface area (Å²) < 4.78 is 17.7. The topological polar surface area (TPSA) is 39.7 Å². The van der Waals surface area contributed by atoms with Crippen LogP contribution in [0.2, 0.25) is 0 Å². The fourth-order valence-corrected chi connectivity index (χ4v) is 3.25. The van der Waals surface area contributed by atoms with E-state index in [2.05, 4.69) is 11.4 Å². The van der Waals surface area contributed by atoms with Crippen molar-refractivity contribution in [3.05, 3.63) is 23.8 Å². The van der Waals surface area contributed by atoms with Crippen molar-refractivity contribution < 1.29 is 14.2 Å². The fraction of sp³-hybridized carbons (Fsp3) is 0.625. The summed E-state index contributed by atoms with van der Waals surface area (Å²) in [6.45, 7) is 4.68. The van der Waals surface area contributed by atoms with Crippen LogP contribution in [0.25, 0.3) is 0 Å². The predicted octanol–water partition coefficient (Wildman–Crippen LogP) is 2.68. The molecule has 1 N–H and O–H groups in total. The quantitative estimate of drug-likeness (QED) is 0.922. The molecule has 1 fully saturated rings. The first-order valence-electron chi connectivity index (χ1n) is 7.45. The molecule has 0 amide bonds. The maximum absolute atomic E-state index is 6.38. The van der Waals surface area contributed by atoms with E-state index in [9.17, 15) is 0 Å². The van der Waals surface area contributed by atoms with Gasteiger partial charge in [-0.25, -0.2) is 0 Å². The number of fused-ring (bicyclic) bond motifs is 1. The minimum atomic E-state index is -0.0796. The lowest BCUT2D eigenvalue weighted by atomic mass is 9.82. The molecule has 4 nitrogen and oxygen atoms in total. The van der Waals surface area contributed by atoms with E-state index in [0.717, 1.165) is 49.4 Å². The van der Waals surface area contributed by atoms with Crippen LogP contribution in [-0.4, -0.2) is 32.4 Å². The minimum Gasteiger partial charge on any atom is -0.494 e. The third-order valence-electron chi connectivity index (χ3n) is 4.33. The Morgan fingerprint density at radius 1 is 1.35 bits per heavy atom. The number of ether oxygens (including phenoxy) is 3. The summed E-state index contributed by atoms with van der Waals surface area (Å²) in [4.78, 5) is 0. The fourth-order valence-electron chi connectivity index (χ4n) is 3.25. The zero-order chi connectivity index (χ0) is 14.0. The van der Waals surface area contributed by atoms with Gasteiger partial charge in [0.15, 0.2) is 0 Å². The van der Waals surface area contributed by atoms with E-state index in [-0.39, 0.29) is 11.7 Å². The highest BCUT2D eigenvalue weighted by Crippen LogP contribution is 2.45. The number of piperidine rings is 1. The molecule has 1 atom stereocenters. The first-order chi connectivity index (χ1) is 9.76. The maximum atomic E-state index is 6.38. The molecule has 0 radical (unpaired) electrons. The van der Waals surface area contributed by atoms with Gasteiger partial charge in [0.05, 0.1) is 12.7 Å². The summed E-state index contributed by atoms with van der Waals surface area (Å²) in [6.07, 6.45) is 3.12. The SMILES string of the molecule is CCOc1ccc2c(c1)OC1(CCNCC1)CC2OC. The first-order valence-corrected chi connectivity index (χ1v) is 7.45. The van der Waals surface area contributed by atoms with Crippen molar-refractivity contribution in [2.45, 2.75) is 37.9 Å². The van der Waals surface area contributed by atoms with Crippen LogP contribution >= 0.6 is 0 Å². The molecule has 1 saturated heterocycles. The largest absolute Gasteiger partial charge is 0.494 e. The molecule has 20 heavy (non-hydrogen) atoms. The smallest absolute Gasteiger partial charge is 0.129 e. The second-order valence-electron chi connectivity index (χ2n) is 5.60. The summed E-state index contributed by atoms with van der Waals surface area (Å²) in [5.41, 5.74) is 1.06. The van der Waals surface area contributed by atoms with Crippen LogP contribution in [0.1, 0.15) is 37.9 Å². The van der Waals surface area contributed by atoms with Gasteiger partial charge >= 0.3 is 0 Å². The second kappa shape index (κ2) is 5.62. The van der Waals surface area contributed by atoms with E-state index in [4.69, 9.17) is 14.2 Å². The first kappa shape index (κ1) is 13.7. The van der Waals surface area contributed by atoms with Crippen molar-refractivity contribution in [3.8, 4) is 11.5 Å². The zero-order valence-corrected chi connectivity index (χ0v) is 12.3. The van der Waals surface area contributed by atoms with Crippen LogP contribution in [-0.2, 0) is 4.74 Å². The summed E-state index contributed by atoms with van der Waals surface area (Å²) in [5.74, 6) is 1.79. The number of hydrogen-bond donors (Lipinski definition) is 1. The van der Waals surface area contributed by atoms with Gasteiger partial charge in [-0.15, -0.1) is 0 Å². The van der Waals surface area contributed by atoms with E-state index in [1.54, 1.807) is 7.11 Å². The Morgan fingerprint density at radius 2 is 2.15 bits per heavy atom. The van der Waals surface area contributed by atoms with E-state index >= 15 is 0 Å². The van der Waals surface area contributed by atoms with Crippen LogP contribution in [0, 0.1) is 0 Å². The molecule has 0 saturated carbocycles. The van der Waals surface area contributed by atoms with Crippen LogP contribution in [0.15, 0.2) is 18.2 Å². The Bertz CT molecular complexity index is 469. The van der Waals surface area contributed by atoms with Gasteiger partial charge in [0.25, 0.3) is 0 Å². The number of rotatable bonds is 3. The predicted molar refractivity (Wildman–Crippen MR) is 77.4 cm³/mol. The van der Waals surface area contributed by atoms with Gasteiger partial charge in [-0.3, -0.25) is 0 Å². The molecule has 0 aromatic heterocycles. The van der Waals surface area contributed by atoms with Gasteiger partial charge < -0.3 is 19.5 Å². The number of hydrogen-bond acceptors (Lipinski definition) is 4. The van der Waals surface area contributed by atoms with E-state index in [1.165, 1.54) is 0 Å². The third kappa shape index (κ3) is 2.50. The molecule has 3 rings (SSSR count).